The SMILES string of the molecule is CCCNc1ncnc2sc(C)nc12. The molecule has 0 saturated carbocycles. The molecule has 2 rings (SSSR count). The van der Waals surface area contributed by atoms with Crippen LogP contribution in [0.3, 0.4) is 0 Å². The smallest absolute Gasteiger partial charge is 0.156 e. The first-order chi connectivity index (χ1) is 6.81. The first-order valence-electron chi connectivity index (χ1n) is 4.63. The molecular formula is C9H12N4S. The van der Waals surface area contributed by atoms with Crippen molar-refractivity contribution in [1.82, 2.24) is 15.0 Å². The molecule has 2 heterocycles. The molecule has 14 heavy (non-hydrogen) atoms. The van der Waals surface area contributed by atoms with Gasteiger partial charge < -0.3 is 5.32 Å². The molecule has 2 aromatic heterocycles. The third-order valence-corrected chi connectivity index (χ3v) is 2.72. The summed E-state index contributed by atoms with van der Waals surface area (Å²) < 4.78 is 0. The van der Waals surface area contributed by atoms with Crippen LogP contribution in [0, 0.1) is 6.92 Å². The highest BCUT2D eigenvalue weighted by atomic mass is 32.1. The molecule has 74 valence electrons. The Morgan fingerprint density at radius 3 is 3.07 bits per heavy atom. The summed E-state index contributed by atoms with van der Waals surface area (Å²) in [7, 11) is 0. The van der Waals surface area contributed by atoms with Gasteiger partial charge in [0.25, 0.3) is 0 Å². The van der Waals surface area contributed by atoms with Crippen LogP contribution in [0.15, 0.2) is 6.33 Å². The Morgan fingerprint density at radius 1 is 1.43 bits per heavy atom. The van der Waals surface area contributed by atoms with Crippen molar-refractivity contribution in [3.05, 3.63) is 11.3 Å². The lowest BCUT2D eigenvalue weighted by Gasteiger charge is -2.02. The second kappa shape index (κ2) is 3.88. The fourth-order valence-corrected chi connectivity index (χ4v) is 1.99. The van der Waals surface area contributed by atoms with E-state index < -0.39 is 0 Å². The molecule has 0 bridgehead atoms. The van der Waals surface area contributed by atoms with E-state index in [1.54, 1.807) is 17.7 Å². The molecule has 0 saturated heterocycles. The number of nitrogens with one attached hydrogen (secondary N) is 1. The van der Waals surface area contributed by atoms with Gasteiger partial charge >= 0.3 is 0 Å². The van der Waals surface area contributed by atoms with Gasteiger partial charge in [-0.25, -0.2) is 15.0 Å². The second-order valence-corrected chi connectivity index (χ2v) is 4.22. The molecule has 0 spiro atoms. The summed E-state index contributed by atoms with van der Waals surface area (Å²) in [6, 6.07) is 0. The van der Waals surface area contributed by atoms with Crippen molar-refractivity contribution in [1.29, 1.82) is 0 Å². The van der Waals surface area contributed by atoms with Gasteiger partial charge in [-0.3, -0.25) is 0 Å². The van der Waals surface area contributed by atoms with Gasteiger partial charge in [-0.2, -0.15) is 0 Å². The Bertz CT molecular complexity index is 437. The highest BCUT2D eigenvalue weighted by Gasteiger charge is 2.07. The maximum atomic E-state index is 4.40. The van der Waals surface area contributed by atoms with E-state index in [1.165, 1.54) is 0 Å². The molecule has 0 aliphatic rings. The molecule has 0 aliphatic carbocycles. The summed E-state index contributed by atoms with van der Waals surface area (Å²) in [4.78, 5) is 13.7. The number of hydrogen-bond acceptors (Lipinski definition) is 5. The number of hydrogen-bond donors (Lipinski definition) is 1. The van der Waals surface area contributed by atoms with Crippen molar-refractivity contribution in [3.63, 3.8) is 0 Å². The van der Waals surface area contributed by atoms with Crippen molar-refractivity contribution >= 4 is 27.5 Å². The van der Waals surface area contributed by atoms with Crippen LogP contribution in [0.2, 0.25) is 0 Å². The number of fused-ring (bicyclic) bond motifs is 1. The molecule has 5 heteroatoms. The summed E-state index contributed by atoms with van der Waals surface area (Å²) in [5.41, 5.74) is 0.892. The fraction of sp³-hybridized carbons (Fsp3) is 0.444. The molecule has 1 N–H and O–H groups in total. The highest BCUT2D eigenvalue weighted by molar-refractivity contribution is 7.18. The molecule has 0 unspecified atom stereocenters. The van der Waals surface area contributed by atoms with Crippen molar-refractivity contribution in [3.8, 4) is 0 Å². The van der Waals surface area contributed by atoms with Gasteiger partial charge in [-0.1, -0.05) is 18.3 Å². The summed E-state index contributed by atoms with van der Waals surface area (Å²) in [5.74, 6) is 0.848. The third-order valence-electron chi connectivity index (χ3n) is 1.84. The van der Waals surface area contributed by atoms with E-state index >= 15 is 0 Å². The summed E-state index contributed by atoms with van der Waals surface area (Å²) in [6.45, 7) is 5.02. The molecule has 0 radical (unpaired) electrons. The van der Waals surface area contributed by atoms with Gasteiger partial charge in [-0.05, 0) is 13.3 Å². The Morgan fingerprint density at radius 2 is 2.29 bits per heavy atom. The minimum Gasteiger partial charge on any atom is -0.368 e. The van der Waals surface area contributed by atoms with E-state index in [4.69, 9.17) is 0 Å². The predicted octanol–water partition coefficient (Wildman–Crippen LogP) is 2.22. The van der Waals surface area contributed by atoms with E-state index in [9.17, 15) is 0 Å². The summed E-state index contributed by atoms with van der Waals surface area (Å²) in [5, 5.41) is 4.27. The van der Waals surface area contributed by atoms with Crippen molar-refractivity contribution < 1.29 is 0 Å². The maximum absolute atomic E-state index is 4.40. The molecule has 4 nitrogen and oxygen atoms in total. The quantitative estimate of drug-likeness (QED) is 0.840. The second-order valence-electron chi connectivity index (χ2n) is 3.04. The van der Waals surface area contributed by atoms with Crippen LogP contribution < -0.4 is 5.32 Å². The van der Waals surface area contributed by atoms with Gasteiger partial charge in [-0.15, -0.1) is 0 Å². The number of aromatic nitrogens is 3. The first kappa shape index (κ1) is 9.33. The fourth-order valence-electron chi connectivity index (χ4n) is 1.23. The molecule has 2 aromatic rings. The summed E-state index contributed by atoms with van der Waals surface area (Å²) in [6.07, 6.45) is 2.66. The monoisotopic (exact) mass is 208 g/mol. The zero-order valence-corrected chi connectivity index (χ0v) is 9.06. The lowest BCUT2D eigenvalue weighted by molar-refractivity contribution is 0.968. The average Bonchev–Trinajstić information content (AvgIpc) is 2.55. The predicted molar refractivity (Wildman–Crippen MR) is 58.7 cm³/mol. The summed E-state index contributed by atoms with van der Waals surface area (Å²) >= 11 is 1.60. The van der Waals surface area contributed by atoms with Crippen molar-refractivity contribution in [2.75, 3.05) is 11.9 Å². The lowest BCUT2D eigenvalue weighted by atomic mass is 10.4. The van der Waals surface area contributed by atoms with Crippen LogP contribution in [0.4, 0.5) is 5.82 Å². The Hall–Kier alpha value is -1.23. The topological polar surface area (TPSA) is 50.7 Å². The average molecular weight is 208 g/mol. The Kier molecular flexibility index (Phi) is 2.58. The van der Waals surface area contributed by atoms with E-state index in [-0.39, 0.29) is 0 Å². The molecule has 0 atom stereocenters. The normalized spacial score (nSPS) is 10.7. The van der Waals surface area contributed by atoms with Crippen molar-refractivity contribution in [2.24, 2.45) is 0 Å². The van der Waals surface area contributed by atoms with Gasteiger partial charge in [0.1, 0.15) is 16.7 Å². The van der Waals surface area contributed by atoms with E-state index in [1.807, 2.05) is 6.92 Å². The van der Waals surface area contributed by atoms with Gasteiger partial charge in [0.15, 0.2) is 5.82 Å². The standard InChI is InChI=1S/C9H12N4S/c1-3-4-10-8-7-9(12-5-11-8)14-6(2)13-7/h5H,3-4H2,1-2H3,(H,10,11,12). The van der Waals surface area contributed by atoms with Crippen LogP contribution in [-0.2, 0) is 0 Å². The number of rotatable bonds is 3. The third kappa shape index (κ3) is 1.68. The van der Waals surface area contributed by atoms with Crippen LogP contribution in [0.25, 0.3) is 10.3 Å². The van der Waals surface area contributed by atoms with Crippen LogP contribution in [-0.4, -0.2) is 21.5 Å². The van der Waals surface area contributed by atoms with E-state index in [0.717, 1.165) is 34.1 Å². The largest absolute Gasteiger partial charge is 0.368 e. The molecule has 0 aliphatic heterocycles. The molecule has 0 fully saturated rings. The zero-order chi connectivity index (χ0) is 9.97. The van der Waals surface area contributed by atoms with E-state index in [0.29, 0.717) is 0 Å². The Balaban J connectivity index is 2.42. The van der Waals surface area contributed by atoms with E-state index in [2.05, 4.69) is 27.2 Å². The Labute approximate surface area is 86.4 Å². The molecular weight excluding hydrogens is 196 g/mol. The number of thiazole rings is 1. The van der Waals surface area contributed by atoms with Gasteiger partial charge in [0.05, 0.1) is 5.01 Å². The molecule has 0 amide bonds. The lowest BCUT2D eigenvalue weighted by Crippen LogP contribution is -2.02. The van der Waals surface area contributed by atoms with Crippen molar-refractivity contribution in [2.45, 2.75) is 20.3 Å². The number of anilines is 1. The minimum absolute atomic E-state index is 0.848. The van der Waals surface area contributed by atoms with Crippen LogP contribution in [0.5, 0.6) is 0 Å². The number of aryl methyl sites for hydroxylation is 1. The maximum Gasteiger partial charge on any atom is 0.156 e. The minimum atomic E-state index is 0.848. The number of nitrogens with zero attached hydrogens (tertiary/aromatic N) is 3. The van der Waals surface area contributed by atoms with Gasteiger partial charge in [0, 0.05) is 6.54 Å². The highest BCUT2D eigenvalue weighted by Crippen LogP contribution is 2.23. The zero-order valence-electron chi connectivity index (χ0n) is 8.24. The van der Waals surface area contributed by atoms with Crippen LogP contribution >= 0.6 is 11.3 Å². The van der Waals surface area contributed by atoms with Crippen LogP contribution in [0.1, 0.15) is 18.4 Å². The molecule has 0 aromatic carbocycles. The van der Waals surface area contributed by atoms with Gasteiger partial charge in [0.2, 0.25) is 0 Å². The first-order valence-corrected chi connectivity index (χ1v) is 5.45.